The van der Waals surface area contributed by atoms with Crippen LogP contribution < -0.4 is 31.2 Å². The maximum absolute atomic E-state index is 12.5. The fourth-order valence-electron chi connectivity index (χ4n) is 3.88. The van der Waals surface area contributed by atoms with E-state index in [1.54, 1.807) is 97.1 Å². The van der Waals surface area contributed by atoms with Crippen LogP contribution in [0, 0.1) is 0 Å². The first kappa shape index (κ1) is 29.3. The minimum absolute atomic E-state index is 0.352. The van der Waals surface area contributed by atoms with E-state index in [1.807, 2.05) is 13.8 Å². The number of nitrogens with one attached hydrogen (secondary N) is 4. The van der Waals surface area contributed by atoms with E-state index in [1.165, 1.54) is 0 Å². The fourth-order valence-corrected chi connectivity index (χ4v) is 3.88. The molecule has 4 amide bonds. The molecule has 0 fully saturated rings. The van der Waals surface area contributed by atoms with Crippen molar-refractivity contribution in [3.8, 4) is 22.6 Å². The van der Waals surface area contributed by atoms with E-state index in [2.05, 4.69) is 21.7 Å². The molecule has 0 spiro atoms. The summed E-state index contributed by atoms with van der Waals surface area (Å²) < 4.78 is 10.7. The molecule has 42 heavy (non-hydrogen) atoms. The van der Waals surface area contributed by atoms with Crippen molar-refractivity contribution < 1.29 is 28.7 Å². The van der Waals surface area contributed by atoms with E-state index >= 15 is 0 Å². The molecule has 0 aliphatic rings. The van der Waals surface area contributed by atoms with Crippen molar-refractivity contribution in [2.24, 2.45) is 0 Å². The third-order valence-corrected chi connectivity index (χ3v) is 6.06. The first-order chi connectivity index (χ1) is 20.4. The van der Waals surface area contributed by atoms with Crippen LogP contribution in [0.3, 0.4) is 0 Å². The Balaban J connectivity index is 1.27. The van der Waals surface area contributed by atoms with Gasteiger partial charge in [-0.15, -0.1) is 0 Å². The van der Waals surface area contributed by atoms with E-state index in [0.29, 0.717) is 47.0 Å². The summed E-state index contributed by atoms with van der Waals surface area (Å²) in [6.45, 7) is 4.79. The second-order valence-corrected chi connectivity index (χ2v) is 8.89. The maximum Gasteiger partial charge on any atom is 0.269 e. The highest BCUT2D eigenvalue weighted by molar-refractivity contribution is 6.00. The van der Waals surface area contributed by atoms with Crippen LogP contribution in [0.5, 0.6) is 11.5 Å². The zero-order valence-electron chi connectivity index (χ0n) is 23.1. The predicted molar refractivity (Wildman–Crippen MR) is 157 cm³/mol. The summed E-state index contributed by atoms with van der Waals surface area (Å²) in [6, 6.07) is 26.7. The Kier molecular flexibility index (Phi) is 9.87. The largest absolute Gasteiger partial charge is 0.494 e. The molecule has 0 atom stereocenters. The zero-order valence-corrected chi connectivity index (χ0v) is 23.1. The molecule has 0 unspecified atom stereocenters. The Bertz CT molecular complexity index is 1420. The molecule has 4 aromatic carbocycles. The molecule has 4 N–H and O–H groups in total. The van der Waals surface area contributed by atoms with E-state index in [4.69, 9.17) is 9.47 Å². The Labute approximate surface area is 243 Å². The Morgan fingerprint density at radius 2 is 0.667 bits per heavy atom. The smallest absolute Gasteiger partial charge is 0.269 e. The summed E-state index contributed by atoms with van der Waals surface area (Å²) >= 11 is 0. The highest BCUT2D eigenvalue weighted by Gasteiger charge is 2.12. The van der Waals surface area contributed by atoms with Crippen molar-refractivity contribution in [3.63, 3.8) is 0 Å². The first-order valence-corrected chi connectivity index (χ1v) is 13.3. The number of benzene rings is 4. The van der Waals surface area contributed by atoms with Crippen LogP contribution in [0.25, 0.3) is 11.1 Å². The van der Waals surface area contributed by atoms with Crippen molar-refractivity contribution in [1.29, 1.82) is 0 Å². The fraction of sp³-hybridized carbons (Fsp3) is 0.125. The van der Waals surface area contributed by atoms with Crippen LogP contribution in [0.1, 0.15) is 55.3 Å². The van der Waals surface area contributed by atoms with Crippen molar-refractivity contribution in [1.82, 2.24) is 21.7 Å². The van der Waals surface area contributed by atoms with E-state index in [-0.39, 0.29) is 0 Å². The van der Waals surface area contributed by atoms with Gasteiger partial charge in [0.25, 0.3) is 23.6 Å². The SMILES string of the molecule is CCOc1ccc(C(=O)NNC(=O)c2ccc(-c3ccc(C(=O)NNC(=O)c4ccc(OCC)cc4)cc3)cc2)cc1. The molecule has 214 valence electrons. The molecule has 4 rings (SSSR count). The molecule has 0 saturated heterocycles. The molecule has 0 saturated carbocycles. The summed E-state index contributed by atoms with van der Waals surface area (Å²) in [5.41, 5.74) is 12.7. The van der Waals surface area contributed by atoms with Crippen LogP contribution in [-0.2, 0) is 0 Å². The third-order valence-electron chi connectivity index (χ3n) is 6.06. The molecule has 10 nitrogen and oxygen atoms in total. The number of ether oxygens (including phenoxy) is 2. The standard InChI is InChI=1S/C32H30N4O6/c1-3-41-27-17-13-25(14-18-27)31(39)35-33-29(37)23-9-5-21(6-10-23)22-7-11-24(12-8-22)30(38)34-36-32(40)26-15-19-28(20-16-26)42-4-2/h5-20H,3-4H2,1-2H3,(H,33,37)(H,34,38)(H,35,39)(H,36,40). The van der Waals surface area contributed by atoms with E-state index in [9.17, 15) is 19.2 Å². The molecule has 0 aliphatic heterocycles. The second-order valence-electron chi connectivity index (χ2n) is 8.89. The topological polar surface area (TPSA) is 135 Å². The number of rotatable bonds is 9. The van der Waals surface area contributed by atoms with Gasteiger partial charge in [0, 0.05) is 22.3 Å². The molecule has 10 heteroatoms. The molecule has 0 radical (unpaired) electrons. The van der Waals surface area contributed by atoms with Crippen LogP contribution in [-0.4, -0.2) is 36.8 Å². The monoisotopic (exact) mass is 566 g/mol. The normalized spacial score (nSPS) is 10.2. The van der Waals surface area contributed by atoms with Gasteiger partial charge in [0.05, 0.1) is 13.2 Å². The predicted octanol–water partition coefficient (Wildman–Crippen LogP) is 4.30. The number of hydrogen-bond donors (Lipinski definition) is 4. The van der Waals surface area contributed by atoms with Gasteiger partial charge in [0.2, 0.25) is 0 Å². The summed E-state index contributed by atoms with van der Waals surface area (Å²) in [5, 5.41) is 0. The van der Waals surface area contributed by atoms with Crippen LogP contribution in [0.4, 0.5) is 0 Å². The average Bonchev–Trinajstić information content (AvgIpc) is 3.03. The lowest BCUT2D eigenvalue weighted by atomic mass is 10.0. The number of hydrazine groups is 2. The van der Waals surface area contributed by atoms with Crippen LogP contribution >= 0.6 is 0 Å². The van der Waals surface area contributed by atoms with Gasteiger partial charge in [0.15, 0.2) is 0 Å². The Hall–Kier alpha value is -5.64. The maximum atomic E-state index is 12.5. The van der Waals surface area contributed by atoms with Crippen molar-refractivity contribution in [2.75, 3.05) is 13.2 Å². The minimum Gasteiger partial charge on any atom is -0.494 e. The molecular formula is C32H30N4O6. The lowest BCUT2D eigenvalue weighted by molar-refractivity contribution is 0.0846. The van der Waals surface area contributed by atoms with Crippen molar-refractivity contribution >= 4 is 23.6 Å². The highest BCUT2D eigenvalue weighted by Crippen LogP contribution is 2.21. The van der Waals surface area contributed by atoms with Crippen LogP contribution in [0.15, 0.2) is 97.1 Å². The van der Waals surface area contributed by atoms with Crippen LogP contribution in [0.2, 0.25) is 0 Å². The van der Waals surface area contributed by atoms with Crippen molar-refractivity contribution in [2.45, 2.75) is 13.8 Å². The van der Waals surface area contributed by atoms with Gasteiger partial charge in [-0.25, -0.2) is 0 Å². The number of carbonyl (C=O) groups is 4. The van der Waals surface area contributed by atoms with Gasteiger partial charge in [-0.05, 0) is 97.8 Å². The first-order valence-electron chi connectivity index (χ1n) is 13.3. The lowest BCUT2D eigenvalue weighted by Crippen LogP contribution is -2.41. The van der Waals surface area contributed by atoms with Gasteiger partial charge in [0.1, 0.15) is 11.5 Å². The van der Waals surface area contributed by atoms with Gasteiger partial charge < -0.3 is 9.47 Å². The summed E-state index contributed by atoms with van der Waals surface area (Å²) in [5.74, 6) is -0.549. The summed E-state index contributed by atoms with van der Waals surface area (Å²) in [7, 11) is 0. The zero-order chi connectivity index (χ0) is 29.9. The van der Waals surface area contributed by atoms with E-state index < -0.39 is 23.6 Å². The second kappa shape index (κ2) is 14.1. The number of hydrogen-bond acceptors (Lipinski definition) is 6. The Morgan fingerprint density at radius 1 is 0.429 bits per heavy atom. The third kappa shape index (κ3) is 7.72. The quantitative estimate of drug-likeness (QED) is 0.223. The van der Waals surface area contributed by atoms with Gasteiger partial charge >= 0.3 is 0 Å². The van der Waals surface area contributed by atoms with Gasteiger partial charge in [-0.2, -0.15) is 0 Å². The van der Waals surface area contributed by atoms with Gasteiger partial charge in [-0.1, -0.05) is 24.3 Å². The molecule has 0 aromatic heterocycles. The molecule has 0 aliphatic carbocycles. The molecule has 0 bridgehead atoms. The Morgan fingerprint density at radius 3 is 0.905 bits per heavy atom. The van der Waals surface area contributed by atoms with Crippen molar-refractivity contribution in [3.05, 3.63) is 119 Å². The lowest BCUT2D eigenvalue weighted by Gasteiger charge is -2.10. The highest BCUT2D eigenvalue weighted by atomic mass is 16.5. The van der Waals surface area contributed by atoms with E-state index in [0.717, 1.165) is 11.1 Å². The number of amides is 4. The minimum atomic E-state index is -0.472. The number of carbonyl (C=O) groups excluding carboxylic acids is 4. The molecule has 0 heterocycles. The summed E-state index contributed by atoms with van der Waals surface area (Å²) in [4.78, 5) is 49.6. The van der Waals surface area contributed by atoms with Gasteiger partial charge in [-0.3, -0.25) is 40.9 Å². The average molecular weight is 567 g/mol. The molecular weight excluding hydrogens is 536 g/mol. The summed E-state index contributed by atoms with van der Waals surface area (Å²) in [6.07, 6.45) is 0. The molecule has 4 aromatic rings.